The van der Waals surface area contributed by atoms with Crippen molar-refractivity contribution in [3.63, 3.8) is 0 Å². The topological polar surface area (TPSA) is 70.0 Å². The number of likely N-dealkylation sites (tertiary alicyclic amines) is 1. The zero-order chi connectivity index (χ0) is 18.2. The summed E-state index contributed by atoms with van der Waals surface area (Å²) in [4.78, 5) is 13.1. The number of rotatable bonds is 10. The zero-order valence-electron chi connectivity index (χ0n) is 14.8. The second-order valence-corrected chi connectivity index (χ2v) is 7.07. The van der Waals surface area contributed by atoms with Gasteiger partial charge in [-0.05, 0) is 62.0 Å². The van der Waals surface area contributed by atoms with Gasteiger partial charge in [0.25, 0.3) is 0 Å². The number of hydrogen-bond acceptors (Lipinski definition) is 4. The molecule has 140 valence electrons. The van der Waals surface area contributed by atoms with Crippen LogP contribution in [0.2, 0.25) is 5.02 Å². The molecule has 0 unspecified atom stereocenters. The number of carboxylic acids is 1. The van der Waals surface area contributed by atoms with E-state index in [-0.39, 0.29) is 19.1 Å². The molecular weight excluding hydrogens is 342 g/mol. The molecule has 1 aromatic carbocycles. The standard InChI is InChI=1S/C19H28ClNO4/c1-2-18(25-13-16(22)12-21-9-3-4-10-21)17-7-6-15(20)11-14(17)5-8-19(23)24/h6-7,11,16,18,22H,2-5,8-10,12-13H2,1H3,(H,23,24)/t16-,18-/m1/s1. The van der Waals surface area contributed by atoms with Crippen LogP contribution in [0.25, 0.3) is 0 Å². The Kier molecular flexibility index (Phi) is 8.16. The Morgan fingerprint density at radius 2 is 2.08 bits per heavy atom. The highest BCUT2D eigenvalue weighted by Crippen LogP contribution is 2.28. The second-order valence-electron chi connectivity index (χ2n) is 6.63. The van der Waals surface area contributed by atoms with Gasteiger partial charge in [0.05, 0.1) is 18.8 Å². The molecule has 2 atom stereocenters. The first-order valence-electron chi connectivity index (χ1n) is 9.01. The number of hydrogen-bond donors (Lipinski definition) is 2. The van der Waals surface area contributed by atoms with E-state index in [1.165, 1.54) is 12.8 Å². The Hall–Kier alpha value is -1.14. The fourth-order valence-electron chi connectivity index (χ4n) is 3.32. The molecule has 2 rings (SSSR count). The van der Waals surface area contributed by atoms with Gasteiger partial charge in [-0.15, -0.1) is 0 Å². The molecule has 0 radical (unpaired) electrons. The lowest BCUT2D eigenvalue weighted by atomic mass is 9.97. The van der Waals surface area contributed by atoms with E-state index < -0.39 is 12.1 Å². The maximum Gasteiger partial charge on any atom is 0.303 e. The van der Waals surface area contributed by atoms with Gasteiger partial charge in [-0.3, -0.25) is 4.79 Å². The van der Waals surface area contributed by atoms with Gasteiger partial charge in [-0.1, -0.05) is 24.6 Å². The van der Waals surface area contributed by atoms with Crippen molar-refractivity contribution in [2.75, 3.05) is 26.2 Å². The smallest absolute Gasteiger partial charge is 0.303 e. The van der Waals surface area contributed by atoms with Gasteiger partial charge in [-0.2, -0.15) is 0 Å². The third-order valence-corrected chi connectivity index (χ3v) is 4.82. The van der Waals surface area contributed by atoms with Crippen LogP contribution in [0.4, 0.5) is 0 Å². The van der Waals surface area contributed by atoms with Crippen molar-refractivity contribution >= 4 is 17.6 Å². The molecule has 0 aliphatic carbocycles. The minimum Gasteiger partial charge on any atom is -0.481 e. The SMILES string of the molecule is CC[C@@H](OC[C@H](O)CN1CCCC1)c1ccc(Cl)cc1CCC(=O)O. The Morgan fingerprint density at radius 1 is 1.36 bits per heavy atom. The minimum absolute atomic E-state index is 0.0569. The molecule has 0 spiro atoms. The summed E-state index contributed by atoms with van der Waals surface area (Å²) in [5.74, 6) is -0.832. The fourth-order valence-corrected chi connectivity index (χ4v) is 3.51. The van der Waals surface area contributed by atoms with Gasteiger partial charge in [0.2, 0.25) is 0 Å². The Balaban J connectivity index is 1.97. The van der Waals surface area contributed by atoms with E-state index in [4.69, 9.17) is 21.4 Å². The molecule has 1 saturated heterocycles. The molecule has 0 bridgehead atoms. The fraction of sp³-hybridized carbons (Fsp3) is 0.632. The number of carbonyl (C=O) groups is 1. The van der Waals surface area contributed by atoms with E-state index in [0.717, 1.165) is 30.6 Å². The summed E-state index contributed by atoms with van der Waals surface area (Å²) in [5.41, 5.74) is 1.86. The maximum absolute atomic E-state index is 10.9. The predicted molar refractivity (Wildman–Crippen MR) is 98.1 cm³/mol. The van der Waals surface area contributed by atoms with Crippen LogP contribution in [0.3, 0.4) is 0 Å². The summed E-state index contributed by atoms with van der Waals surface area (Å²) < 4.78 is 5.97. The van der Waals surface area contributed by atoms with Crippen LogP contribution in [0, 0.1) is 0 Å². The highest BCUT2D eigenvalue weighted by Gasteiger charge is 2.19. The van der Waals surface area contributed by atoms with Gasteiger partial charge >= 0.3 is 5.97 Å². The van der Waals surface area contributed by atoms with Crippen LogP contribution in [-0.4, -0.2) is 53.4 Å². The first kappa shape index (κ1) is 20.2. The van der Waals surface area contributed by atoms with Crippen molar-refractivity contribution in [2.24, 2.45) is 0 Å². The largest absolute Gasteiger partial charge is 0.481 e. The number of aliphatic hydroxyl groups excluding tert-OH is 1. The number of β-amino-alcohol motifs (C(OH)–C–C–N with tert-alkyl or cyclic N) is 1. The van der Waals surface area contributed by atoms with E-state index in [1.54, 1.807) is 6.07 Å². The summed E-state index contributed by atoms with van der Waals surface area (Å²) in [6.07, 6.45) is 2.93. The van der Waals surface area contributed by atoms with Crippen molar-refractivity contribution in [2.45, 2.75) is 51.2 Å². The van der Waals surface area contributed by atoms with Gasteiger partial charge in [0, 0.05) is 18.0 Å². The molecule has 6 heteroatoms. The molecule has 1 aliphatic heterocycles. The van der Waals surface area contributed by atoms with Crippen molar-refractivity contribution < 1.29 is 19.7 Å². The minimum atomic E-state index is -0.832. The summed E-state index contributed by atoms with van der Waals surface area (Å²) in [7, 11) is 0. The Labute approximate surface area is 154 Å². The van der Waals surface area contributed by atoms with Gasteiger partial charge in [0.15, 0.2) is 0 Å². The Morgan fingerprint density at radius 3 is 2.72 bits per heavy atom. The number of aryl methyl sites for hydroxylation is 1. The number of benzene rings is 1. The quantitative estimate of drug-likeness (QED) is 0.662. The highest BCUT2D eigenvalue weighted by atomic mass is 35.5. The molecular formula is C19H28ClNO4. The lowest BCUT2D eigenvalue weighted by Gasteiger charge is -2.24. The van der Waals surface area contributed by atoms with Crippen LogP contribution in [0.5, 0.6) is 0 Å². The summed E-state index contributed by atoms with van der Waals surface area (Å²) in [6.45, 7) is 5.03. The third-order valence-electron chi connectivity index (χ3n) is 4.59. The van der Waals surface area contributed by atoms with Gasteiger partial charge in [-0.25, -0.2) is 0 Å². The molecule has 1 aromatic rings. The first-order valence-corrected chi connectivity index (χ1v) is 9.39. The molecule has 0 aromatic heterocycles. The van der Waals surface area contributed by atoms with Crippen LogP contribution in [0.1, 0.15) is 49.8 Å². The first-order chi connectivity index (χ1) is 12.0. The van der Waals surface area contributed by atoms with E-state index in [2.05, 4.69) is 4.90 Å². The average molecular weight is 370 g/mol. The van der Waals surface area contributed by atoms with Crippen LogP contribution < -0.4 is 0 Å². The van der Waals surface area contributed by atoms with E-state index in [9.17, 15) is 9.90 Å². The average Bonchev–Trinajstić information content (AvgIpc) is 3.07. The number of nitrogens with zero attached hydrogens (tertiary/aromatic N) is 1. The van der Waals surface area contributed by atoms with E-state index >= 15 is 0 Å². The normalized spacial score (nSPS) is 17.6. The van der Waals surface area contributed by atoms with Crippen molar-refractivity contribution in [1.29, 1.82) is 0 Å². The number of ether oxygens (including phenoxy) is 1. The number of aliphatic carboxylic acids is 1. The predicted octanol–water partition coefficient (Wildman–Crippen LogP) is 3.28. The molecule has 1 heterocycles. The molecule has 5 nitrogen and oxygen atoms in total. The highest BCUT2D eigenvalue weighted by molar-refractivity contribution is 6.30. The summed E-state index contributed by atoms with van der Waals surface area (Å²) >= 11 is 6.07. The van der Waals surface area contributed by atoms with Crippen LogP contribution in [0.15, 0.2) is 18.2 Å². The Bertz CT molecular complexity index is 560. The summed E-state index contributed by atoms with van der Waals surface area (Å²) in [6, 6.07) is 5.51. The molecule has 1 aliphatic rings. The third kappa shape index (κ3) is 6.59. The molecule has 25 heavy (non-hydrogen) atoms. The lowest BCUT2D eigenvalue weighted by molar-refractivity contribution is -0.136. The van der Waals surface area contributed by atoms with Crippen LogP contribution >= 0.6 is 11.6 Å². The number of halogens is 1. The second kappa shape index (κ2) is 10.1. The monoisotopic (exact) mass is 369 g/mol. The molecule has 0 amide bonds. The van der Waals surface area contributed by atoms with Crippen molar-refractivity contribution in [1.82, 2.24) is 4.90 Å². The van der Waals surface area contributed by atoms with Crippen LogP contribution in [-0.2, 0) is 16.0 Å². The van der Waals surface area contributed by atoms with E-state index in [0.29, 0.717) is 18.0 Å². The maximum atomic E-state index is 10.9. The molecule has 1 fully saturated rings. The number of aliphatic hydroxyl groups is 1. The molecule has 2 N–H and O–H groups in total. The van der Waals surface area contributed by atoms with Gasteiger partial charge in [0.1, 0.15) is 0 Å². The number of carboxylic acid groups (broad SMARTS) is 1. The van der Waals surface area contributed by atoms with E-state index in [1.807, 2.05) is 19.1 Å². The zero-order valence-corrected chi connectivity index (χ0v) is 15.5. The summed E-state index contributed by atoms with van der Waals surface area (Å²) in [5, 5.41) is 19.8. The molecule has 0 saturated carbocycles. The van der Waals surface area contributed by atoms with Crippen molar-refractivity contribution in [3.05, 3.63) is 34.3 Å². The van der Waals surface area contributed by atoms with Gasteiger partial charge < -0.3 is 19.8 Å². The van der Waals surface area contributed by atoms with Crippen molar-refractivity contribution in [3.8, 4) is 0 Å². The lowest BCUT2D eigenvalue weighted by Crippen LogP contribution is -2.33.